The Morgan fingerprint density at radius 1 is 1.12 bits per heavy atom. The lowest BCUT2D eigenvalue weighted by Gasteiger charge is -2.23. The van der Waals surface area contributed by atoms with Gasteiger partial charge in [0.25, 0.3) is 5.91 Å². The van der Waals surface area contributed by atoms with Crippen molar-refractivity contribution in [2.45, 2.75) is 25.9 Å². The zero-order valence-electron chi connectivity index (χ0n) is 21.7. The van der Waals surface area contributed by atoms with Gasteiger partial charge < -0.3 is 18.8 Å². The molecule has 1 aliphatic heterocycles. The van der Waals surface area contributed by atoms with Gasteiger partial charge in [-0.2, -0.15) is 13.2 Å². The van der Waals surface area contributed by atoms with Crippen molar-refractivity contribution in [1.82, 2.24) is 9.88 Å². The summed E-state index contributed by atoms with van der Waals surface area (Å²) in [5, 5.41) is 0.436. The average Bonchev–Trinajstić information content (AvgIpc) is 3.51. The first kappa shape index (κ1) is 27.3. The largest absolute Gasteiger partial charge is 0.497 e. The summed E-state index contributed by atoms with van der Waals surface area (Å²) < 4.78 is 81.8. The summed E-state index contributed by atoms with van der Waals surface area (Å²) in [6, 6.07) is 12.4. The summed E-state index contributed by atoms with van der Waals surface area (Å²) in [6.07, 6.45) is -2.14. The molecule has 0 N–H and O–H groups in total. The second kappa shape index (κ2) is 10.0. The van der Waals surface area contributed by atoms with E-state index in [1.165, 1.54) is 18.1 Å². The van der Waals surface area contributed by atoms with Gasteiger partial charge in [0.2, 0.25) is 15.8 Å². The number of halogens is 3. The van der Waals surface area contributed by atoms with Crippen molar-refractivity contribution >= 4 is 32.5 Å². The highest BCUT2D eigenvalue weighted by molar-refractivity contribution is 7.92. The number of hydrogen-bond donors (Lipinski definition) is 0. The van der Waals surface area contributed by atoms with Crippen LogP contribution in [0.2, 0.25) is 0 Å². The number of hydrogen-bond acceptors (Lipinski definition) is 7. The first-order valence-corrected chi connectivity index (χ1v) is 13.8. The smallest absolute Gasteiger partial charge is 0.449 e. The third-order valence-corrected chi connectivity index (χ3v) is 7.76. The lowest BCUT2D eigenvalue weighted by Crippen LogP contribution is -2.26. The number of nitrogens with zero attached hydrogens (tertiary/aromatic N) is 3. The van der Waals surface area contributed by atoms with Gasteiger partial charge in [-0.15, -0.1) is 0 Å². The topological polar surface area (TPSA) is 102 Å². The number of pyridine rings is 1. The fraction of sp³-hybridized carbons (Fsp3) is 0.259. The van der Waals surface area contributed by atoms with E-state index in [4.69, 9.17) is 13.9 Å². The Bertz CT molecular complexity index is 1700. The van der Waals surface area contributed by atoms with Crippen LogP contribution in [0.4, 0.5) is 18.9 Å². The van der Waals surface area contributed by atoms with Crippen molar-refractivity contribution in [3.8, 4) is 11.5 Å². The van der Waals surface area contributed by atoms with Gasteiger partial charge in [0.05, 0.1) is 31.2 Å². The molecule has 0 atom stereocenters. The van der Waals surface area contributed by atoms with Crippen molar-refractivity contribution in [3.05, 3.63) is 82.9 Å². The highest BCUT2D eigenvalue weighted by Gasteiger charge is 2.39. The third-order valence-electron chi connectivity index (χ3n) is 6.58. The predicted octanol–water partition coefficient (Wildman–Crippen LogP) is 4.99. The molecule has 0 aliphatic carbocycles. The number of rotatable bonds is 8. The monoisotopic (exact) mass is 575 g/mol. The summed E-state index contributed by atoms with van der Waals surface area (Å²) >= 11 is 0. The van der Waals surface area contributed by atoms with Gasteiger partial charge >= 0.3 is 6.18 Å². The van der Waals surface area contributed by atoms with Gasteiger partial charge in [0.1, 0.15) is 23.6 Å². The number of amides is 1. The van der Waals surface area contributed by atoms with Crippen molar-refractivity contribution in [1.29, 1.82) is 0 Å². The molecule has 2 aromatic carbocycles. The minimum atomic E-state index is -4.67. The molecule has 3 heterocycles. The number of carbonyl (C=O) groups is 1. The van der Waals surface area contributed by atoms with Crippen molar-refractivity contribution in [2.24, 2.45) is 0 Å². The van der Waals surface area contributed by atoms with E-state index in [1.807, 2.05) is 0 Å². The van der Waals surface area contributed by atoms with Crippen LogP contribution in [0.15, 0.2) is 59.1 Å². The van der Waals surface area contributed by atoms with E-state index >= 15 is 0 Å². The molecule has 9 nitrogen and oxygen atoms in total. The second-order valence-corrected chi connectivity index (χ2v) is 11.2. The van der Waals surface area contributed by atoms with E-state index in [0.717, 1.165) is 28.3 Å². The number of ether oxygens (including phenoxy) is 2. The summed E-state index contributed by atoms with van der Waals surface area (Å²) in [5.74, 6) is -1.00. The number of aromatic nitrogens is 1. The molecule has 210 valence electrons. The SMILES string of the molecule is COc1ccc(COc2c3c(c(N(C)S(C)(=O)=O)c4cccnc24)CN(Cc2ccc(C(F)(F)F)o2)C3=O)cc1. The zero-order valence-corrected chi connectivity index (χ0v) is 22.5. The van der Waals surface area contributed by atoms with Gasteiger partial charge in [0.15, 0.2) is 5.75 Å². The fourth-order valence-corrected chi connectivity index (χ4v) is 5.13. The van der Waals surface area contributed by atoms with Gasteiger partial charge in [-0.25, -0.2) is 8.42 Å². The number of carbonyl (C=O) groups excluding carboxylic acids is 1. The number of alkyl halides is 3. The molecule has 0 unspecified atom stereocenters. The molecule has 13 heteroatoms. The Balaban J connectivity index is 1.61. The summed E-state index contributed by atoms with van der Waals surface area (Å²) in [4.78, 5) is 19.5. The number of sulfonamides is 1. The van der Waals surface area contributed by atoms with Crippen LogP contribution in [-0.4, -0.2) is 44.6 Å². The maximum Gasteiger partial charge on any atom is 0.449 e. The van der Waals surface area contributed by atoms with E-state index in [9.17, 15) is 26.4 Å². The van der Waals surface area contributed by atoms with Crippen LogP contribution in [0.1, 0.15) is 33.0 Å². The molecule has 0 saturated heterocycles. The van der Waals surface area contributed by atoms with Gasteiger partial charge in [-0.3, -0.25) is 14.1 Å². The van der Waals surface area contributed by atoms with Crippen molar-refractivity contribution in [3.63, 3.8) is 0 Å². The third kappa shape index (κ3) is 5.04. The molecule has 0 radical (unpaired) electrons. The van der Waals surface area contributed by atoms with Crippen LogP contribution >= 0.6 is 0 Å². The zero-order chi connectivity index (χ0) is 28.8. The van der Waals surface area contributed by atoms with Crippen LogP contribution in [-0.2, 0) is 35.9 Å². The molecule has 0 fully saturated rings. The van der Waals surface area contributed by atoms with Gasteiger partial charge in [-0.1, -0.05) is 12.1 Å². The standard InChI is InChI=1S/C27H24F3N3O6S/c1-32(40(3,35)36)24-19-5-4-12-31-23(19)25(38-15-16-6-8-17(37-2)9-7-16)22-20(24)14-33(26(22)34)13-18-10-11-21(39-18)27(28,29)30/h4-12H,13-15H2,1-3H3. The number of anilines is 1. The maximum absolute atomic E-state index is 13.8. The summed E-state index contributed by atoms with van der Waals surface area (Å²) in [6.45, 7) is -0.299. The molecule has 0 spiro atoms. The highest BCUT2D eigenvalue weighted by Crippen LogP contribution is 2.45. The van der Waals surface area contributed by atoms with Crippen LogP contribution in [0.25, 0.3) is 10.9 Å². The second-order valence-electron chi connectivity index (χ2n) is 9.22. The van der Waals surface area contributed by atoms with Gasteiger partial charge in [0, 0.05) is 30.7 Å². The molecule has 5 rings (SSSR count). The summed E-state index contributed by atoms with van der Waals surface area (Å²) in [5.41, 5.74) is 1.73. The molecule has 1 amide bonds. The molecule has 1 aliphatic rings. The van der Waals surface area contributed by atoms with Crippen LogP contribution in [0.5, 0.6) is 11.5 Å². The molecular weight excluding hydrogens is 551 g/mol. The van der Waals surface area contributed by atoms with Crippen molar-refractivity contribution in [2.75, 3.05) is 24.7 Å². The summed E-state index contributed by atoms with van der Waals surface area (Å²) in [7, 11) is -0.858. The Hall–Kier alpha value is -4.26. The van der Waals surface area contributed by atoms with Crippen LogP contribution in [0, 0.1) is 0 Å². The Morgan fingerprint density at radius 3 is 2.48 bits per heavy atom. The van der Waals surface area contributed by atoms with E-state index < -0.39 is 27.9 Å². The number of methoxy groups -OCH3 is 1. The van der Waals surface area contributed by atoms with E-state index in [2.05, 4.69) is 4.98 Å². The molecule has 4 aromatic rings. The fourth-order valence-electron chi connectivity index (χ4n) is 4.59. The molecule has 2 aromatic heterocycles. The Labute approximate surface area is 227 Å². The predicted molar refractivity (Wildman–Crippen MR) is 140 cm³/mol. The minimum Gasteiger partial charge on any atom is -0.497 e. The Morgan fingerprint density at radius 2 is 1.85 bits per heavy atom. The molecule has 0 saturated carbocycles. The first-order valence-electron chi connectivity index (χ1n) is 12.0. The molecule has 40 heavy (non-hydrogen) atoms. The first-order chi connectivity index (χ1) is 18.9. The number of furan rings is 1. The minimum absolute atomic E-state index is 0.0593. The number of benzene rings is 2. The normalized spacial score (nSPS) is 13.6. The lowest BCUT2D eigenvalue weighted by molar-refractivity contribution is -0.153. The van der Waals surface area contributed by atoms with Crippen molar-refractivity contribution < 1.29 is 40.3 Å². The van der Waals surface area contributed by atoms with E-state index in [-0.39, 0.29) is 48.0 Å². The molecule has 0 bridgehead atoms. The maximum atomic E-state index is 13.8. The highest BCUT2D eigenvalue weighted by atomic mass is 32.2. The average molecular weight is 576 g/mol. The quantitative estimate of drug-likeness (QED) is 0.292. The van der Waals surface area contributed by atoms with Gasteiger partial charge in [-0.05, 0) is 42.0 Å². The van der Waals surface area contributed by atoms with E-state index in [1.54, 1.807) is 43.5 Å². The van der Waals surface area contributed by atoms with Crippen LogP contribution < -0.4 is 13.8 Å². The number of fused-ring (bicyclic) bond motifs is 2. The van der Waals surface area contributed by atoms with Crippen LogP contribution in [0.3, 0.4) is 0 Å². The van der Waals surface area contributed by atoms with E-state index in [0.29, 0.717) is 16.7 Å². The lowest BCUT2D eigenvalue weighted by atomic mass is 10.0. The Kier molecular flexibility index (Phi) is 6.86. The molecular formula is C27H24F3N3O6S.